The van der Waals surface area contributed by atoms with Gasteiger partial charge in [0.2, 0.25) is 24.3 Å². The molecule has 2 aliphatic rings. The highest BCUT2D eigenvalue weighted by Gasteiger charge is 2.48. The molecule has 0 fully saturated rings. The maximum Gasteiger partial charge on any atom is 0.280 e. The van der Waals surface area contributed by atoms with Crippen LogP contribution in [0.5, 0.6) is 11.5 Å². The van der Waals surface area contributed by atoms with Gasteiger partial charge in [-0.1, -0.05) is 44.2 Å². The number of benzene rings is 3. The molecule has 2 atom stereocenters. The van der Waals surface area contributed by atoms with Gasteiger partial charge in [0.15, 0.2) is 23.1 Å². The number of carbonyl (C=O) groups excluding carboxylic acids is 3. The number of anilines is 1. The minimum absolute atomic E-state index is 0.0156. The van der Waals surface area contributed by atoms with Crippen LogP contribution in [-0.2, 0) is 26.5 Å². The predicted octanol–water partition coefficient (Wildman–Crippen LogP) is 3.43. The van der Waals surface area contributed by atoms with Crippen molar-refractivity contribution < 1.29 is 32.6 Å². The summed E-state index contributed by atoms with van der Waals surface area (Å²) in [6, 6.07) is 15.0. The van der Waals surface area contributed by atoms with Crippen molar-refractivity contribution in [3.63, 3.8) is 0 Å². The van der Waals surface area contributed by atoms with E-state index in [1.165, 1.54) is 17.2 Å². The van der Waals surface area contributed by atoms with E-state index in [9.17, 15) is 23.2 Å². The largest absolute Gasteiger partial charge is 0.454 e. The van der Waals surface area contributed by atoms with Crippen molar-refractivity contribution in [2.75, 3.05) is 18.2 Å². The molecule has 3 aromatic rings. The summed E-state index contributed by atoms with van der Waals surface area (Å²) in [6.07, 6.45) is 1.53. The Bertz CT molecular complexity index is 1560. The average Bonchev–Trinajstić information content (AvgIpc) is 3.38. The number of nitrogens with zero attached hydrogens (tertiary/aromatic N) is 2. The van der Waals surface area contributed by atoms with Crippen LogP contribution < -0.4 is 25.4 Å². The fraction of sp³-hybridized carbons (Fsp3) is 0.267. The fourth-order valence-electron chi connectivity index (χ4n) is 4.98. The molecular formula is C30H28F2N4O5. The van der Waals surface area contributed by atoms with Crippen LogP contribution in [-0.4, -0.2) is 37.3 Å². The second-order valence-electron chi connectivity index (χ2n) is 10.2. The summed E-state index contributed by atoms with van der Waals surface area (Å²) in [7, 11) is 0. The van der Waals surface area contributed by atoms with Crippen molar-refractivity contribution in [2.45, 2.75) is 25.9 Å². The van der Waals surface area contributed by atoms with Crippen LogP contribution in [0.15, 0.2) is 65.7 Å². The van der Waals surface area contributed by atoms with E-state index in [0.29, 0.717) is 28.3 Å². The Hall–Kier alpha value is -4.80. The molecule has 0 spiro atoms. The molecule has 5 rings (SSSR count). The maximum atomic E-state index is 14.5. The summed E-state index contributed by atoms with van der Waals surface area (Å²) >= 11 is 0. The van der Waals surface area contributed by atoms with Gasteiger partial charge < -0.3 is 20.5 Å². The number of nitrogens with two attached hydrogens (primary N) is 1. The Morgan fingerprint density at radius 1 is 1.05 bits per heavy atom. The zero-order chi connectivity index (χ0) is 29.3. The second-order valence-corrected chi connectivity index (χ2v) is 10.2. The smallest absolute Gasteiger partial charge is 0.280 e. The third-order valence-electron chi connectivity index (χ3n) is 7.17. The van der Waals surface area contributed by atoms with Gasteiger partial charge in [-0.15, -0.1) is 0 Å². The number of nitrogens with one attached hydrogen (secondary N) is 1. The van der Waals surface area contributed by atoms with E-state index in [4.69, 9.17) is 15.2 Å². The van der Waals surface area contributed by atoms with Crippen molar-refractivity contribution in [1.82, 2.24) is 5.32 Å². The summed E-state index contributed by atoms with van der Waals surface area (Å²) in [5.74, 6) is -4.28. The topological polar surface area (TPSA) is 123 Å². The molecule has 41 heavy (non-hydrogen) atoms. The van der Waals surface area contributed by atoms with E-state index in [1.807, 2.05) is 13.8 Å². The molecule has 3 N–H and O–H groups in total. The number of hydrogen-bond donors (Lipinski definition) is 2. The van der Waals surface area contributed by atoms with Gasteiger partial charge in [0.05, 0.1) is 5.69 Å². The third kappa shape index (κ3) is 5.34. The summed E-state index contributed by atoms with van der Waals surface area (Å²) in [5, 5.41) is 2.85. The van der Waals surface area contributed by atoms with Crippen LogP contribution in [0.25, 0.3) is 0 Å². The number of rotatable bonds is 8. The van der Waals surface area contributed by atoms with Crippen LogP contribution in [0.3, 0.4) is 0 Å². The van der Waals surface area contributed by atoms with Crippen molar-refractivity contribution in [3.05, 3.63) is 89.0 Å². The lowest BCUT2D eigenvalue weighted by atomic mass is 9.87. The van der Waals surface area contributed by atoms with E-state index in [2.05, 4.69) is 10.3 Å². The van der Waals surface area contributed by atoms with Gasteiger partial charge in [-0.25, -0.2) is 8.78 Å². The van der Waals surface area contributed by atoms with Gasteiger partial charge in [0.25, 0.3) is 5.91 Å². The van der Waals surface area contributed by atoms with Crippen LogP contribution in [0.4, 0.5) is 14.5 Å². The highest BCUT2D eigenvalue weighted by Crippen LogP contribution is 2.39. The molecule has 0 saturated heterocycles. The molecule has 3 amide bonds. The van der Waals surface area contributed by atoms with Crippen molar-refractivity contribution in [1.29, 1.82) is 0 Å². The molecule has 2 heterocycles. The number of halogens is 2. The first-order valence-electron chi connectivity index (χ1n) is 13.0. The Labute approximate surface area is 235 Å². The molecule has 1 unspecified atom stereocenters. The molecule has 0 aliphatic carbocycles. The predicted molar refractivity (Wildman–Crippen MR) is 146 cm³/mol. The van der Waals surface area contributed by atoms with Crippen molar-refractivity contribution in [2.24, 2.45) is 22.6 Å². The Kier molecular flexibility index (Phi) is 7.44. The lowest BCUT2D eigenvalue weighted by Gasteiger charge is -2.35. The van der Waals surface area contributed by atoms with Crippen LogP contribution in [0, 0.1) is 23.5 Å². The Balaban J connectivity index is 1.61. The van der Waals surface area contributed by atoms with E-state index in [-0.39, 0.29) is 24.7 Å². The van der Waals surface area contributed by atoms with Gasteiger partial charge in [-0.05, 0) is 48.2 Å². The molecule has 2 aliphatic heterocycles. The molecule has 0 aromatic heterocycles. The average molecular weight is 563 g/mol. The number of para-hydroxylation sites is 1. The SMILES string of the molecule is CC(C)[C@@H](Cc1ccc(F)c(F)c1)C(=O)NC1(c2ccc3c(c2)OCO3)N=Cc2ccccc2N(CC(N)=O)C1=O. The van der Waals surface area contributed by atoms with Crippen LogP contribution in [0.2, 0.25) is 0 Å². The fourth-order valence-corrected chi connectivity index (χ4v) is 4.98. The zero-order valence-electron chi connectivity index (χ0n) is 22.4. The standard InChI is InChI=1S/C30H28F2N4O5/c1-17(2)21(11-18-7-9-22(31)23(32)12-18)28(38)35-30(20-8-10-25-26(13-20)41-16-40-25)29(39)36(15-27(33)37)24-6-4-3-5-19(24)14-34-30/h3-10,12-14,17,21H,11,15-16H2,1-2H3,(H2,33,37)(H,35,38)/t21-,30?/m1/s1. The summed E-state index contributed by atoms with van der Waals surface area (Å²) in [5.41, 5.74) is 5.09. The van der Waals surface area contributed by atoms with E-state index < -0.39 is 47.5 Å². The molecule has 0 bridgehead atoms. The lowest BCUT2D eigenvalue weighted by molar-refractivity contribution is -0.135. The first-order valence-corrected chi connectivity index (χ1v) is 13.0. The van der Waals surface area contributed by atoms with Crippen LogP contribution >= 0.6 is 0 Å². The van der Waals surface area contributed by atoms with Gasteiger partial charge >= 0.3 is 0 Å². The Morgan fingerprint density at radius 3 is 2.54 bits per heavy atom. The van der Waals surface area contributed by atoms with Gasteiger partial charge in [-0.3, -0.25) is 24.3 Å². The molecule has 0 radical (unpaired) electrons. The highest BCUT2D eigenvalue weighted by molar-refractivity contribution is 6.11. The Morgan fingerprint density at radius 2 is 1.80 bits per heavy atom. The normalized spacial score (nSPS) is 18.2. The molecule has 3 aromatic carbocycles. The van der Waals surface area contributed by atoms with Crippen LogP contribution in [0.1, 0.15) is 30.5 Å². The van der Waals surface area contributed by atoms with Gasteiger partial charge in [-0.2, -0.15) is 0 Å². The first-order chi connectivity index (χ1) is 19.6. The molecule has 11 heteroatoms. The first kappa shape index (κ1) is 27.8. The van der Waals surface area contributed by atoms with E-state index >= 15 is 0 Å². The van der Waals surface area contributed by atoms with E-state index in [0.717, 1.165) is 12.1 Å². The number of carbonyl (C=O) groups is 3. The second kappa shape index (κ2) is 11.0. The van der Waals surface area contributed by atoms with Crippen molar-refractivity contribution >= 4 is 29.6 Å². The van der Waals surface area contributed by atoms with Gasteiger partial charge in [0, 0.05) is 23.3 Å². The van der Waals surface area contributed by atoms with Gasteiger partial charge in [0.1, 0.15) is 6.54 Å². The summed E-state index contributed by atoms with van der Waals surface area (Å²) in [4.78, 5) is 46.4. The third-order valence-corrected chi connectivity index (χ3v) is 7.17. The summed E-state index contributed by atoms with van der Waals surface area (Å²) < 4.78 is 38.5. The molecule has 0 saturated carbocycles. The number of benzodiazepines with no additional fused rings is 1. The lowest BCUT2D eigenvalue weighted by Crippen LogP contribution is -2.58. The van der Waals surface area contributed by atoms with Crippen molar-refractivity contribution in [3.8, 4) is 11.5 Å². The maximum absolute atomic E-state index is 14.5. The van der Waals surface area contributed by atoms with E-state index in [1.54, 1.807) is 42.5 Å². The zero-order valence-corrected chi connectivity index (χ0v) is 22.4. The summed E-state index contributed by atoms with van der Waals surface area (Å²) in [6.45, 7) is 3.14. The molecule has 212 valence electrons. The monoisotopic (exact) mass is 562 g/mol. The number of aliphatic imine (C=N–C) groups is 1. The molecular weight excluding hydrogens is 534 g/mol. The number of amides is 3. The minimum Gasteiger partial charge on any atom is -0.454 e. The number of primary amides is 1. The minimum atomic E-state index is -2.03. The number of ether oxygens (including phenoxy) is 2. The number of hydrogen-bond acceptors (Lipinski definition) is 6. The highest BCUT2D eigenvalue weighted by atomic mass is 19.2. The quantitative estimate of drug-likeness (QED) is 0.436. The molecule has 9 nitrogen and oxygen atoms in total. The number of fused-ring (bicyclic) bond motifs is 2.